The van der Waals surface area contributed by atoms with Gasteiger partial charge in [-0.25, -0.2) is 8.42 Å². The summed E-state index contributed by atoms with van der Waals surface area (Å²) < 4.78 is 35.1. The van der Waals surface area contributed by atoms with Gasteiger partial charge in [0.2, 0.25) is 0 Å². The first kappa shape index (κ1) is 17.3. The molecule has 0 amide bonds. The van der Waals surface area contributed by atoms with Crippen molar-refractivity contribution in [3.05, 3.63) is 63.5 Å². The summed E-state index contributed by atoms with van der Waals surface area (Å²) in [5, 5.41) is 1.74. The Balaban J connectivity index is 2.12. The van der Waals surface area contributed by atoms with E-state index >= 15 is 0 Å². The number of benzene rings is 3. The van der Waals surface area contributed by atoms with Gasteiger partial charge in [-0.3, -0.25) is 4.72 Å². The summed E-state index contributed by atoms with van der Waals surface area (Å²) in [7, 11) is -2.36. The Morgan fingerprint density at radius 2 is 1.67 bits per heavy atom. The van der Waals surface area contributed by atoms with Gasteiger partial charge in [-0.15, -0.1) is 0 Å². The molecule has 3 aromatic rings. The first-order valence-electron chi connectivity index (χ1n) is 6.96. The minimum atomic E-state index is -3.80. The zero-order valence-corrected chi connectivity index (χ0v) is 16.6. The number of methoxy groups -OCH3 is 1. The van der Waals surface area contributed by atoms with Gasteiger partial charge in [-0.2, -0.15) is 0 Å². The van der Waals surface area contributed by atoms with Gasteiger partial charge in [0, 0.05) is 14.3 Å². The van der Waals surface area contributed by atoms with E-state index in [2.05, 4.69) is 36.6 Å². The first-order valence-corrected chi connectivity index (χ1v) is 10.0. The largest absolute Gasteiger partial charge is 0.495 e. The molecule has 0 aliphatic carbocycles. The predicted octanol–water partition coefficient (Wildman–Crippen LogP) is 5.17. The number of fused-ring (bicyclic) bond motifs is 1. The molecular formula is C17H13Br2NO3S. The summed E-state index contributed by atoms with van der Waals surface area (Å²) in [6, 6.07) is 16.0. The molecular weight excluding hydrogens is 458 g/mol. The number of anilines is 1. The summed E-state index contributed by atoms with van der Waals surface area (Å²) in [5.41, 5.74) is 0.510. The molecule has 0 bridgehead atoms. The summed E-state index contributed by atoms with van der Waals surface area (Å²) in [5.74, 6) is 0.284. The molecule has 124 valence electrons. The number of nitrogens with one attached hydrogen (secondary N) is 1. The summed E-state index contributed by atoms with van der Waals surface area (Å²) in [4.78, 5) is 0.0753. The number of halogens is 2. The number of rotatable bonds is 4. The van der Waals surface area contributed by atoms with Crippen molar-refractivity contribution in [1.29, 1.82) is 0 Å². The standard InChI is InChI=1S/C17H13Br2NO3S/c1-23-16-9-6-11(18)10-17(16)24(21,22)20-15-8-7-14(19)12-4-2-3-5-13(12)15/h2-10,20H,1H3. The van der Waals surface area contributed by atoms with Gasteiger partial charge in [0.25, 0.3) is 10.0 Å². The van der Waals surface area contributed by atoms with E-state index in [4.69, 9.17) is 4.74 Å². The van der Waals surface area contributed by atoms with Crippen LogP contribution < -0.4 is 9.46 Å². The maximum Gasteiger partial charge on any atom is 0.265 e. The zero-order chi connectivity index (χ0) is 17.3. The Kier molecular flexibility index (Phi) is 4.85. The van der Waals surface area contributed by atoms with Crippen LogP contribution in [0, 0.1) is 0 Å². The minimum absolute atomic E-state index is 0.0753. The Bertz CT molecular complexity index is 1020. The van der Waals surface area contributed by atoms with Crippen LogP contribution in [0.4, 0.5) is 5.69 Å². The second kappa shape index (κ2) is 6.74. The van der Waals surface area contributed by atoms with Crippen molar-refractivity contribution in [2.45, 2.75) is 4.90 Å². The fourth-order valence-corrected chi connectivity index (χ4v) is 4.68. The highest BCUT2D eigenvalue weighted by Gasteiger charge is 2.21. The molecule has 3 rings (SSSR count). The minimum Gasteiger partial charge on any atom is -0.495 e. The monoisotopic (exact) mass is 469 g/mol. The Hall–Kier alpha value is -1.57. The number of ether oxygens (including phenoxy) is 1. The van der Waals surface area contributed by atoms with Crippen LogP contribution in [0.5, 0.6) is 5.75 Å². The smallest absolute Gasteiger partial charge is 0.265 e. The zero-order valence-electron chi connectivity index (χ0n) is 12.6. The quantitative estimate of drug-likeness (QED) is 0.571. The fraction of sp³-hybridized carbons (Fsp3) is 0.0588. The topological polar surface area (TPSA) is 55.4 Å². The van der Waals surface area contributed by atoms with Crippen molar-refractivity contribution < 1.29 is 13.2 Å². The van der Waals surface area contributed by atoms with E-state index in [1.54, 1.807) is 18.2 Å². The van der Waals surface area contributed by atoms with Gasteiger partial charge < -0.3 is 4.74 Å². The molecule has 4 nitrogen and oxygen atoms in total. The average molecular weight is 471 g/mol. The van der Waals surface area contributed by atoms with Crippen molar-refractivity contribution >= 4 is 58.3 Å². The molecule has 0 atom stereocenters. The Morgan fingerprint density at radius 3 is 2.38 bits per heavy atom. The average Bonchev–Trinajstić information content (AvgIpc) is 2.57. The van der Waals surface area contributed by atoms with Gasteiger partial charge in [0.15, 0.2) is 0 Å². The van der Waals surface area contributed by atoms with E-state index < -0.39 is 10.0 Å². The molecule has 0 heterocycles. The lowest BCUT2D eigenvalue weighted by molar-refractivity contribution is 0.403. The second-order valence-corrected chi connectivity index (χ2v) is 8.46. The van der Waals surface area contributed by atoms with E-state index in [1.807, 2.05) is 30.3 Å². The molecule has 0 radical (unpaired) electrons. The molecule has 0 spiro atoms. The van der Waals surface area contributed by atoms with Crippen molar-refractivity contribution in [1.82, 2.24) is 0 Å². The van der Waals surface area contributed by atoms with Gasteiger partial charge in [-0.1, -0.05) is 56.1 Å². The molecule has 0 aliphatic rings. The van der Waals surface area contributed by atoms with E-state index in [-0.39, 0.29) is 10.6 Å². The molecule has 24 heavy (non-hydrogen) atoms. The third kappa shape index (κ3) is 3.29. The second-order valence-electron chi connectivity index (χ2n) is 5.04. The van der Waals surface area contributed by atoms with Crippen LogP contribution in [0.1, 0.15) is 0 Å². The van der Waals surface area contributed by atoms with Crippen molar-refractivity contribution in [3.8, 4) is 5.75 Å². The van der Waals surface area contributed by atoms with Crippen LogP contribution in [-0.4, -0.2) is 15.5 Å². The number of hydrogen-bond acceptors (Lipinski definition) is 3. The van der Waals surface area contributed by atoms with Gasteiger partial charge in [0.05, 0.1) is 12.8 Å². The third-order valence-corrected chi connectivity index (χ3v) is 6.10. The molecule has 0 saturated heterocycles. The van der Waals surface area contributed by atoms with Gasteiger partial charge in [0.1, 0.15) is 10.6 Å². The number of hydrogen-bond donors (Lipinski definition) is 1. The lowest BCUT2D eigenvalue weighted by atomic mass is 10.1. The van der Waals surface area contributed by atoms with Crippen LogP contribution in [0.15, 0.2) is 68.4 Å². The lowest BCUT2D eigenvalue weighted by Gasteiger charge is -2.14. The molecule has 0 unspecified atom stereocenters. The molecule has 7 heteroatoms. The molecule has 0 aliphatic heterocycles. The first-order chi connectivity index (χ1) is 11.4. The van der Waals surface area contributed by atoms with E-state index in [9.17, 15) is 8.42 Å². The molecule has 0 fully saturated rings. The molecule has 1 N–H and O–H groups in total. The van der Waals surface area contributed by atoms with Crippen LogP contribution in [0.3, 0.4) is 0 Å². The SMILES string of the molecule is COc1ccc(Br)cc1S(=O)(=O)Nc1ccc(Br)c2ccccc12. The van der Waals surface area contributed by atoms with Crippen molar-refractivity contribution in [2.75, 3.05) is 11.8 Å². The Morgan fingerprint density at radius 1 is 0.958 bits per heavy atom. The van der Waals surface area contributed by atoms with Gasteiger partial charge in [-0.05, 0) is 35.7 Å². The Labute approximate surface area is 157 Å². The van der Waals surface area contributed by atoms with Crippen molar-refractivity contribution in [2.24, 2.45) is 0 Å². The van der Waals surface area contributed by atoms with E-state index in [0.717, 1.165) is 15.2 Å². The summed E-state index contributed by atoms with van der Waals surface area (Å²) >= 11 is 6.78. The normalized spacial score (nSPS) is 11.5. The predicted molar refractivity (Wildman–Crippen MR) is 103 cm³/mol. The van der Waals surface area contributed by atoms with Gasteiger partial charge >= 0.3 is 0 Å². The lowest BCUT2D eigenvalue weighted by Crippen LogP contribution is -2.14. The van der Waals surface area contributed by atoms with E-state index in [1.165, 1.54) is 13.2 Å². The molecule has 3 aromatic carbocycles. The van der Waals surface area contributed by atoms with Crippen LogP contribution in [0.25, 0.3) is 10.8 Å². The number of sulfonamides is 1. The highest BCUT2D eigenvalue weighted by molar-refractivity contribution is 9.11. The maximum atomic E-state index is 12.8. The fourth-order valence-electron chi connectivity index (χ4n) is 2.41. The summed E-state index contributed by atoms with van der Waals surface area (Å²) in [6.45, 7) is 0. The van der Waals surface area contributed by atoms with Crippen molar-refractivity contribution in [3.63, 3.8) is 0 Å². The van der Waals surface area contributed by atoms with Crippen LogP contribution >= 0.6 is 31.9 Å². The van der Waals surface area contributed by atoms with E-state index in [0.29, 0.717) is 10.2 Å². The molecule has 0 aromatic heterocycles. The maximum absolute atomic E-state index is 12.8. The van der Waals surface area contributed by atoms with Crippen LogP contribution in [0.2, 0.25) is 0 Å². The van der Waals surface area contributed by atoms with Crippen LogP contribution in [-0.2, 0) is 10.0 Å². The molecule has 0 saturated carbocycles. The highest BCUT2D eigenvalue weighted by Crippen LogP contribution is 2.33. The summed E-state index contributed by atoms with van der Waals surface area (Å²) in [6.07, 6.45) is 0. The third-order valence-electron chi connectivity index (χ3n) is 3.53. The highest BCUT2D eigenvalue weighted by atomic mass is 79.9.